The Morgan fingerprint density at radius 2 is 2.16 bits per heavy atom. The van der Waals surface area contributed by atoms with Crippen LogP contribution in [0.4, 0.5) is 5.69 Å². The van der Waals surface area contributed by atoms with E-state index in [9.17, 15) is 5.11 Å². The molecular formula is C13H19BrClN2O2+. The van der Waals surface area contributed by atoms with Crippen LogP contribution in [0.25, 0.3) is 0 Å². The van der Waals surface area contributed by atoms with Crippen molar-refractivity contribution < 1.29 is 14.3 Å². The molecule has 0 saturated heterocycles. The molecule has 0 fully saturated rings. The monoisotopic (exact) mass is 349 g/mol. The van der Waals surface area contributed by atoms with Crippen LogP contribution in [0.15, 0.2) is 16.6 Å². The number of rotatable bonds is 4. The quantitative estimate of drug-likeness (QED) is 0.647. The van der Waals surface area contributed by atoms with Crippen molar-refractivity contribution >= 4 is 33.2 Å². The maximum absolute atomic E-state index is 10.6. The zero-order valence-electron chi connectivity index (χ0n) is 11.3. The molecule has 1 aliphatic rings. The molecular weight excluding hydrogens is 332 g/mol. The van der Waals surface area contributed by atoms with E-state index in [2.05, 4.69) is 42.4 Å². The Bertz CT molecular complexity index is 490. The van der Waals surface area contributed by atoms with E-state index >= 15 is 0 Å². The van der Waals surface area contributed by atoms with E-state index in [0.717, 1.165) is 21.2 Å². The molecule has 0 aliphatic carbocycles. The normalized spacial score (nSPS) is 22.2. The van der Waals surface area contributed by atoms with Gasteiger partial charge in [-0.3, -0.25) is 0 Å². The van der Waals surface area contributed by atoms with E-state index in [0.29, 0.717) is 23.7 Å². The number of β-amino-alcohol motifs (C(OH)–C–C–N with tert-alkyl or cyclic N) is 1. The first-order chi connectivity index (χ1) is 8.73. The molecule has 0 amide bonds. The molecule has 1 aromatic rings. The van der Waals surface area contributed by atoms with Crippen molar-refractivity contribution in [1.82, 2.24) is 0 Å². The minimum absolute atomic E-state index is 0.315. The summed E-state index contributed by atoms with van der Waals surface area (Å²) in [6.45, 7) is 1.59. The third kappa shape index (κ3) is 3.23. The van der Waals surface area contributed by atoms with E-state index in [4.69, 9.17) is 16.3 Å². The van der Waals surface area contributed by atoms with Crippen LogP contribution in [0.1, 0.15) is 5.56 Å². The number of anilines is 1. The van der Waals surface area contributed by atoms with Gasteiger partial charge in [0.2, 0.25) is 5.79 Å². The number of fused-ring (bicyclic) bond motifs is 1. The second kappa shape index (κ2) is 5.22. The summed E-state index contributed by atoms with van der Waals surface area (Å²) in [5.41, 5.74) is 1.44. The number of ether oxygens (including phenoxy) is 1. The minimum Gasteiger partial charge on any atom is -0.379 e. The summed E-state index contributed by atoms with van der Waals surface area (Å²) in [5, 5.41) is 14.3. The SMILES string of the molecule is C[N+](C)(C)CCOC1(O)CNc2ccc(Br)c(Cl)c21. The van der Waals surface area contributed by atoms with Crippen LogP contribution in [-0.4, -0.2) is 50.4 Å². The van der Waals surface area contributed by atoms with Gasteiger partial charge in [-0.05, 0) is 28.1 Å². The highest BCUT2D eigenvalue weighted by Gasteiger charge is 2.41. The molecule has 0 saturated carbocycles. The van der Waals surface area contributed by atoms with Crippen LogP contribution in [0, 0.1) is 0 Å². The highest BCUT2D eigenvalue weighted by atomic mass is 79.9. The second-order valence-corrected chi connectivity index (χ2v) is 7.02. The highest BCUT2D eigenvalue weighted by Crippen LogP contribution is 2.43. The topological polar surface area (TPSA) is 41.5 Å². The minimum atomic E-state index is -1.36. The summed E-state index contributed by atoms with van der Waals surface area (Å²) in [4.78, 5) is 0. The van der Waals surface area contributed by atoms with E-state index in [1.54, 1.807) is 0 Å². The fraction of sp³-hybridized carbons (Fsp3) is 0.538. The molecule has 1 unspecified atom stereocenters. The molecule has 106 valence electrons. The number of hydrogen-bond acceptors (Lipinski definition) is 3. The van der Waals surface area contributed by atoms with Gasteiger partial charge in [0.25, 0.3) is 0 Å². The van der Waals surface area contributed by atoms with Gasteiger partial charge in [0.1, 0.15) is 6.54 Å². The molecule has 6 heteroatoms. The van der Waals surface area contributed by atoms with Crippen LogP contribution in [0.3, 0.4) is 0 Å². The summed E-state index contributed by atoms with van der Waals surface area (Å²) >= 11 is 9.63. The lowest BCUT2D eigenvalue weighted by Gasteiger charge is -2.28. The van der Waals surface area contributed by atoms with E-state index in [-0.39, 0.29) is 0 Å². The maximum Gasteiger partial charge on any atom is 0.214 e. The number of hydrogen-bond donors (Lipinski definition) is 2. The molecule has 1 aliphatic heterocycles. The van der Waals surface area contributed by atoms with Gasteiger partial charge in [-0.2, -0.15) is 0 Å². The van der Waals surface area contributed by atoms with E-state index in [1.165, 1.54) is 0 Å². The summed E-state index contributed by atoms with van der Waals surface area (Å²) < 4.78 is 7.24. The zero-order chi connectivity index (χ0) is 14.3. The Hall–Kier alpha value is -0.330. The lowest BCUT2D eigenvalue weighted by atomic mass is 10.1. The lowest BCUT2D eigenvalue weighted by molar-refractivity contribution is -0.871. The van der Waals surface area contributed by atoms with Gasteiger partial charge in [0.15, 0.2) is 0 Å². The van der Waals surface area contributed by atoms with Gasteiger partial charge in [-0.25, -0.2) is 0 Å². The first-order valence-electron chi connectivity index (χ1n) is 6.12. The fourth-order valence-corrected chi connectivity index (χ4v) is 2.64. The van der Waals surface area contributed by atoms with Gasteiger partial charge in [0.05, 0.1) is 44.9 Å². The van der Waals surface area contributed by atoms with Crippen LogP contribution < -0.4 is 5.32 Å². The van der Waals surface area contributed by atoms with Crippen LogP contribution in [-0.2, 0) is 10.5 Å². The molecule has 1 heterocycles. The first-order valence-corrected chi connectivity index (χ1v) is 7.29. The molecule has 0 bridgehead atoms. The van der Waals surface area contributed by atoms with Crippen molar-refractivity contribution in [3.8, 4) is 0 Å². The number of benzene rings is 1. The lowest BCUT2D eigenvalue weighted by Crippen LogP contribution is -2.41. The Morgan fingerprint density at radius 3 is 2.79 bits per heavy atom. The van der Waals surface area contributed by atoms with Crippen LogP contribution in [0.5, 0.6) is 0 Å². The average Bonchev–Trinajstić information content (AvgIpc) is 2.61. The summed E-state index contributed by atoms with van der Waals surface area (Å²) in [5.74, 6) is -1.36. The molecule has 2 rings (SSSR count). The average molecular weight is 351 g/mol. The number of quaternary nitrogens is 1. The smallest absolute Gasteiger partial charge is 0.214 e. The third-order valence-corrected chi connectivity index (χ3v) is 4.39. The van der Waals surface area contributed by atoms with Crippen molar-refractivity contribution in [3.63, 3.8) is 0 Å². The van der Waals surface area contributed by atoms with E-state index < -0.39 is 5.79 Å². The molecule has 0 spiro atoms. The molecule has 2 N–H and O–H groups in total. The largest absolute Gasteiger partial charge is 0.379 e. The standard InChI is InChI=1S/C13H19BrClN2O2/c1-17(2,3)6-7-19-13(18)8-16-10-5-4-9(14)12(15)11(10)13/h4-5,16,18H,6-8H2,1-3H3/q+1. The maximum atomic E-state index is 10.6. The van der Waals surface area contributed by atoms with Gasteiger partial charge < -0.3 is 19.6 Å². The molecule has 19 heavy (non-hydrogen) atoms. The Balaban J connectivity index is 2.18. The fourth-order valence-electron chi connectivity index (χ4n) is 1.99. The number of aliphatic hydroxyl groups is 1. The molecule has 1 atom stereocenters. The number of nitrogens with zero attached hydrogens (tertiary/aromatic N) is 1. The van der Waals surface area contributed by atoms with Gasteiger partial charge in [0, 0.05) is 10.2 Å². The molecule has 4 nitrogen and oxygen atoms in total. The van der Waals surface area contributed by atoms with Crippen molar-refractivity contribution in [2.24, 2.45) is 0 Å². The van der Waals surface area contributed by atoms with E-state index in [1.807, 2.05) is 12.1 Å². The predicted molar refractivity (Wildman–Crippen MR) is 80.4 cm³/mol. The Labute approximate surface area is 127 Å². The summed E-state index contributed by atoms with van der Waals surface area (Å²) in [6, 6.07) is 3.73. The van der Waals surface area contributed by atoms with Crippen LogP contribution in [0.2, 0.25) is 5.02 Å². The summed E-state index contributed by atoms with van der Waals surface area (Å²) in [7, 11) is 6.24. The van der Waals surface area contributed by atoms with Gasteiger partial charge in [-0.15, -0.1) is 0 Å². The number of nitrogens with one attached hydrogen (secondary N) is 1. The van der Waals surface area contributed by atoms with Gasteiger partial charge in [-0.1, -0.05) is 11.6 Å². The van der Waals surface area contributed by atoms with Crippen molar-refractivity contribution in [1.29, 1.82) is 0 Å². The molecule has 1 aromatic carbocycles. The third-order valence-electron chi connectivity index (χ3n) is 3.11. The predicted octanol–water partition coefficient (Wildman–Crippen LogP) is 2.40. The van der Waals surface area contributed by atoms with Crippen LogP contribution >= 0.6 is 27.5 Å². The number of halogens is 2. The first kappa shape index (κ1) is 15.1. The van der Waals surface area contributed by atoms with Crippen molar-refractivity contribution in [2.75, 3.05) is 46.2 Å². The second-order valence-electron chi connectivity index (χ2n) is 5.78. The highest BCUT2D eigenvalue weighted by molar-refractivity contribution is 9.10. The van der Waals surface area contributed by atoms with Gasteiger partial charge >= 0.3 is 0 Å². The number of likely N-dealkylation sites (N-methyl/N-ethyl adjacent to an activating group) is 1. The Morgan fingerprint density at radius 1 is 1.47 bits per heavy atom. The Kier molecular flexibility index (Phi) is 4.14. The zero-order valence-corrected chi connectivity index (χ0v) is 13.7. The molecule has 0 aromatic heterocycles. The summed E-state index contributed by atoms with van der Waals surface area (Å²) in [6.07, 6.45) is 0. The van der Waals surface area contributed by atoms with Crippen molar-refractivity contribution in [2.45, 2.75) is 5.79 Å². The van der Waals surface area contributed by atoms with Crippen molar-refractivity contribution in [3.05, 3.63) is 27.2 Å². The molecule has 0 radical (unpaired) electrons.